The Kier molecular flexibility index (Phi) is 4.85. The van der Waals surface area contributed by atoms with Crippen molar-refractivity contribution in [1.29, 1.82) is 0 Å². The fourth-order valence-corrected chi connectivity index (χ4v) is 1.51. The van der Waals surface area contributed by atoms with Crippen molar-refractivity contribution in [2.45, 2.75) is 25.9 Å². The number of alkyl halides is 5. The highest BCUT2D eigenvalue weighted by Gasteiger charge is 2.35. The second-order valence-corrected chi connectivity index (χ2v) is 3.75. The molecule has 0 saturated heterocycles. The summed E-state index contributed by atoms with van der Waals surface area (Å²) in [6, 6.07) is 0.404. The Balaban J connectivity index is 3.27. The van der Waals surface area contributed by atoms with Crippen molar-refractivity contribution >= 4 is 11.8 Å². The van der Waals surface area contributed by atoms with Crippen LogP contribution in [0.25, 0.3) is 0 Å². The minimum atomic E-state index is -4.85. The fraction of sp³-hybridized carbons (Fsp3) is 0.455. The maximum absolute atomic E-state index is 12.7. The van der Waals surface area contributed by atoms with Crippen LogP contribution in [-0.2, 0) is 22.1 Å². The van der Waals surface area contributed by atoms with Gasteiger partial charge in [-0.3, -0.25) is 4.79 Å². The van der Waals surface area contributed by atoms with E-state index in [2.05, 4.69) is 9.72 Å². The largest absolute Gasteiger partial charge is 0.466 e. The fourth-order valence-electron chi connectivity index (χ4n) is 1.51. The Morgan fingerprint density at radius 1 is 1.45 bits per heavy atom. The van der Waals surface area contributed by atoms with Crippen LogP contribution in [0.15, 0.2) is 6.07 Å². The quantitative estimate of drug-likeness (QED) is 0.685. The molecule has 0 aliphatic carbocycles. The molecule has 0 radical (unpaired) electrons. The number of rotatable bonds is 4. The summed E-state index contributed by atoms with van der Waals surface area (Å²) in [6.45, 7) is 1.46. The molecule has 0 saturated carbocycles. The number of hydrogen-bond acceptors (Lipinski definition) is 4. The standard InChI is InChI=1S/C11H11F5N2O2/c1-2-20-7(19)4-5-3-6(11(14,15)16)10(17)18-8(5)9(12)13/h3,9H,2,4H2,1H3,(H2,17,18). The third kappa shape index (κ3) is 3.78. The zero-order chi connectivity index (χ0) is 15.5. The normalized spacial score (nSPS) is 11.8. The minimum Gasteiger partial charge on any atom is -0.466 e. The van der Waals surface area contributed by atoms with Crippen LogP contribution in [-0.4, -0.2) is 17.6 Å². The molecule has 0 bridgehead atoms. The molecule has 1 aromatic rings. The number of esters is 1. The molecule has 0 atom stereocenters. The van der Waals surface area contributed by atoms with Crippen LogP contribution in [0.1, 0.15) is 30.2 Å². The Morgan fingerprint density at radius 3 is 2.50 bits per heavy atom. The van der Waals surface area contributed by atoms with Crippen LogP contribution in [0.5, 0.6) is 0 Å². The first-order chi connectivity index (χ1) is 9.16. The highest BCUT2D eigenvalue weighted by Crippen LogP contribution is 2.35. The van der Waals surface area contributed by atoms with E-state index in [9.17, 15) is 26.7 Å². The van der Waals surface area contributed by atoms with Crippen LogP contribution in [0, 0.1) is 0 Å². The van der Waals surface area contributed by atoms with Gasteiger partial charge in [0, 0.05) is 0 Å². The lowest BCUT2D eigenvalue weighted by Crippen LogP contribution is -2.16. The van der Waals surface area contributed by atoms with Gasteiger partial charge in [0.2, 0.25) is 0 Å². The topological polar surface area (TPSA) is 65.2 Å². The second-order valence-electron chi connectivity index (χ2n) is 3.75. The number of halogens is 5. The summed E-state index contributed by atoms with van der Waals surface area (Å²) >= 11 is 0. The Morgan fingerprint density at radius 2 is 2.05 bits per heavy atom. The van der Waals surface area contributed by atoms with Crippen LogP contribution in [0.3, 0.4) is 0 Å². The van der Waals surface area contributed by atoms with Crippen molar-refractivity contribution in [3.8, 4) is 0 Å². The van der Waals surface area contributed by atoms with Crippen LogP contribution in [0.4, 0.5) is 27.8 Å². The van der Waals surface area contributed by atoms with E-state index in [4.69, 9.17) is 5.73 Å². The molecule has 0 aromatic carbocycles. The van der Waals surface area contributed by atoms with Crippen molar-refractivity contribution in [1.82, 2.24) is 4.98 Å². The monoisotopic (exact) mass is 298 g/mol. The summed E-state index contributed by atoms with van der Waals surface area (Å²) in [5, 5.41) is 0. The summed E-state index contributed by atoms with van der Waals surface area (Å²) in [6.07, 6.45) is -8.73. The van der Waals surface area contributed by atoms with Gasteiger partial charge in [-0.05, 0) is 18.6 Å². The van der Waals surface area contributed by atoms with E-state index in [1.54, 1.807) is 0 Å². The molecule has 0 unspecified atom stereocenters. The van der Waals surface area contributed by atoms with Gasteiger partial charge in [0.05, 0.1) is 18.6 Å². The van der Waals surface area contributed by atoms with Gasteiger partial charge in [-0.25, -0.2) is 13.8 Å². The van der Waals surface area contributed by atoms with Crippen molar-refractivity contribution in [2.24, 2.45) is 0 Å². The number of ether oxygens (including phenoxy) is 1. The number of pyridine rings is 1. The zero-order valence-electron chi connectivity index (χ0n) is 10.3. The first-order valence-electron chi connectivity index (χ1n) is 5.47. The van der Waals surface area contributed by atoms with Gasteiger partial charge < -0.3 is 10.5 Å². The van der Waals surface area contributed by atoms with Crippen LogP contribution >= 0.6 is 0 Å². The maximum atomic E-state index is 12.7. The number of nitrogens with zero attached hydrogens (tertiary/aromatic N) is 1. The van der Waals surface area contributed by atoms with E-state index < -0.39 is 47.6 Å². The molecule has 0 fully saturated rings. The van der Waals surface area contributed by atoms with Crippen molar-refractivity contribution < 1.29 is 31.5 Å². The van der Waals surface area contributed by atoms with Gasteiger partial charge in [0.15, 0.2) is 0 Å². The van der Waals surface area contributed by atoms with Gasteiger partial charge in [0.25, 0.3) is 6.43 Å². The number of hydrogen-bond donors (Lipinski definition) is 1. The first-order valence-corrected chi connectivity index (χ1v) is 5.47. The third-order valence-corrected chi connectivity index (χ3v) is 2.32. The van der Waals surface area contributed by atoms with Gasteiger partial charge in [-0.1, -0.05) is 0 Å². The molecule has 20 heavy (non-hydrogen) atoms. The SMILES string of the molecule is CCOC(=O)Cc1cc(C(F)(F)F)c(N)nc1C(F)F. The minimum absolute atomic E-state index is 0.0165. The molecule has 0 aliphatic heterocycles. The molecule has 0 aliphatic rings. The summed E-state index contributed by atoms with van der Waals surface area (Å²) in [5.74, 6) is -1.98. The van der Waals surface area contributed by atoms with E-state index in [0.29, 0.717) is 6.07 Å². The number of nitrogen functional groups attached to an aromatic ring is 1. The predicted octanol–water partition coefficient (Wildman–Crippen LogP) is 2.73. The predicted molar refractivity (Wildman–Crippen MR) is 58.9 cm³/mol. The molecule has 0 amide bonds. The Bertz CT molecular complexity index is 502. The molecule has 1 rings (SSSR count). The van der Waals surface area contributed by atoms with Crippen molar-refractivity contribution in [3.05, 3.63) is 22.9 Å². The lowest BCUT2D eigenvalue weighted by atomic mass is 10.1. The average Bonchev–Trinajstić information content (AvgIpc) is 2.29. The molecule has 2 N–H and O–H groups in total. The Hall–Kier alpha value is -1.93. The highest BCUT2D eigenvalue weighted by atomic mass is 19.4. The summed E-state index contributed by atoms with van der Waals surface area (Å²) < 4.78 is 67.8. The summed E-state index contributed by atoms with van der Waals surface area (Å²) in [4.78, 5) is 14.3. The average molecular weight is 298 g/mol. The number of nitrogens with two attached hydrogens (primary N) is 1. The highest BCUT2D eigenvalue weighted by molar-refractivity contribution is 5.73. The molecule has 1 aromatic heterocycles. The third-order valence-electron chi connectivity index (χ3n) is 2.32. The van der Waals surface area contributed by atoms with Gasteiger partial charge in [-0.2, -0.15) is 13.2 Å². The smallest absolute Gasteiger partial charge is 0.419 e. The van der Waals surface area contributed by atoms with Crippen LogP contribution in [0.2, 0.25) is 0 Å². The van der Waals surface area contributed by atoms with E-state index in [0.717, 1.165) is 0 Å². The molecule has 112 valence electrons. The molecule has 1 heterocycles. The number of aromatic nitrogens is 1. The Labute approximate surface area is 110 Å². The molecule has 0 spiro atoms. The van der Waals surface area contributed by atoms with E-state index in [1.807, 2.05) is 0 Å². The van der Waals surface area contributed by atoms with Crippen molar-refractivity contribution in [3.63, 3.8) is 0 Å². The number of carbonyl (C=O) groups is 1. The van der Waals surface area contributed by atoms with Crippen molar-refractivity contribution in [2.75, 3.05) is 12.3 Å². The van der Waals surface area contributed by atoms with Gasteiger partial charge in [-0.15, -0.1) is 0 Å². The van der Waals surface area contributed by atoms with Gasteiger partial charge in [0.1, 0.15) is 11.5 Å². The second kappa shape index (κ2) is 6.02. The van der Waals surface area contributed by atoms with E-state index >= 15 is 0 Å². The van der Waals surface area contributed by atoms with E-state index in [-0.39, 0.29) is 6.61 Å². The molecule has 4 nitrogen and oxygen atoms in total. The lowest BCUT2D eigenvalue weighted by Gasteiger charge is -2.14. The van der Waals surface area contributed by atoms with Gasteiger partial charge >= 0.3 is 12.1 Å². The maximum Gasteiger partial charge on any atom is 0.419 e. The zero-order valence-corrected chi connectivity index (χ0v) is 10.3. The molecular weight excluding hydrogens is 287 g/mol. The molecule has 9 heteroatoms. The summed E-state index contributed by atoms with van der Waals surface area (Å²) in [7, 11) is 0. The molecular formula is C11H11F5N2O2. The number of carbonyl (C=O) groups excluding carboxylic acids is 1. The van der Waals surface area contributed by atoms with Crippen LogP contribution < -0.4 is 5.73 Å². The lowest BCUT2D eigenvalue weighted by molar-refractivity contribution is -0.142. The number of anilines is 1. The summed E-state index contributed by atoms with van der Waals surface area (Å²) in [5.41, 5.74) is 2.15. The first kappa shape index (κ1) is 16.1. The van der Waals surface area contributed by atoms with E-state index in [1.165, 1.54) is 6.92 Å².